The van der Waals surface area contributed by atoms with E-state index in [1.807, 2.05) is 0 Å². The summed E-state index contributed by atoms with van der Waals surface area (Å²) in [6.45, 7) is 1.60. The van der Waals surface area contributed by atoms with E-state index < -0.39 is 22.0 Å². The number of primary amides is 1. The molecule has 1 aromatic carbocycles. The third-order valence-electron chi connectivity index (χ3n) is 2.64. The van der Waals surface area contributed by atoms with E-state index in [2.05, 4.69) is 5.32 Å². The Kier molecular flexibility index (Phi) is 5.51. The van der Waals surface area contributed by atoms with E-state index in [-0.39, 0.29) is 17.2 Å². The van der Waals surface area contributed by atoms with Crippen LogP contribution in [0.2, 0.25) is 0 Å². The molecular weight excluding hydrogens is 284 g/mol. The molecule has 7 nitrogen and oxygen atoms in total. The number of nitrogens with one attached hydrogen (secondary N) is 1. The number of benzene rings is 1. The largest absolute Gasteiger partial charge is 0.440 e. The van der Waals surface area contributed by atoms with Crippen LogP contribution >= 0.6 is 0 Å². The Bertz CT molecular complexity index is 568. The normalized spacial score (nSPS) is 12.4. The van der Waals surface area contributed by atoms with Crippen LogP contribution < -0.4 is 11.1 Å². The number of hydrogen-bond donors (Lipinski definition) is 2. The molecule has 0 fully saturated rings. The minimum atomic E-state index is -3.28. The molecule has 8 heteroatoms. The predicted octanol–water partition coefficient (Wildman–Crippen LogP) is 0.363. The number of hydrogen-bond acceptors (Lipinski definition) is 5. The van der Waals surface area contributed by atoms with Gasteiger partial charge in [-0.3, -0.25) is 4.79 Å². The van der Waals surface area contributed by atoms with Gasteiger partial charge in [-0.2, -0.15) is 0 Å². The van der Waals surface area contributed by atoms with E-state index in [0.29, 0.717) is 12.0 Å². The molecule has 0 aliphatic heterocycles. The lowest BCUT2D eigenvalue weighted by Gasteiger charge is -2.16. The fraction of sp³-hybridized carbons (Fsp3) is 0.333. The summed E-state index contributed by atoms with van der Waals surface area (Å²) in [5.74, 6) is 0.000256. The third kappa shape index (κ3) is 4.23. The zero-order valence-corrected chi connectivity index (χ0v) is 11.7. The van der Waals surface area contributed by atoms with Gasteiger partial charge in [0.15, 0.2) is 9.84 Å². The van der Waals surface area contributed by atoms with Crippen LogP contribution in [0.3, 0.4) is 0 Å². The quantitative estimate of drug-likeness (QED) is 0.705. The molecule has 0 saturated heterocycles. The highest BCUT2D eigenvalue weighted by Gasteiger charge is 2.17. The van der Waals surface area contributed by atoms with Gasteiger partial charge in [-0.15, -0.1) is 0 Å². The molecule has 0 saturated carbocycles. The summed E-state index contributed by atoms with van der Waals surface area (Å²) in [4.78, 5) is 21.3. The molecule has 0 heterocycles. The molecule has 1 unspecified atom stereocenters. The van der Waals surface area contributed by atoms with Crippen LogP contribution in [0.25, 0.3) is 0 Å². The van der Waals surface area contributed by atoms with Crippen LogP contribution in [0, 0.1) is 0 Å². The predicted molar refractivity (Wildman–Crippen MR) is 71.6 cm³/mol. The van der Waals surface area contributed by atoms with Gasteiger partial charge in [-0.25, -0.2) is 13.2 Å². The van der Waals surface area contributed by atoms with Crippen molar-refractivity contribution < 1.29 is 22.7 Å². The zero-order chi connectivity index (χ0) is 15.2. The topological polar surface area (TPSA) is 116 Å². The van der Waals surface area contributed by atoms with Crippen LogP contribution in [0.4, 0.5) is 4.79 Å². The Morgan fingerprint density at radius 1 is 1.40 bits per heavy atom. The summed E-state index contributed by atoms with van der Waals surface area (Å²) in [7, 11) is -3.28. The van der Waals surface area contributed by atoms with Crippen LogP contribution in [0.15, 0.2) is 29.2 Å². The SMILES string of the molecule is CCS(=O)(=O)c1ccc(C(CNC=O)OC(N)=O)cc1. The van der Waals surface area contributed by atoms with Crippen LogP contribution in [-0.4, -0.2) is 33.2 Å². The molecule has 3 N–H and O–H groups in total. The number of amides is 2. The maximum Gasteiger partial charge on any atom is 0.405 e. The van der Waals surface area contributed by atoms with Gasteiger partial charge < -0.3 is 15.8 Å². The van der Waals surface area contributed by atoms with Crippen molar-refractivity contribution in [2.24, 2.45) is 5.73 Å². The fourth-order valence-corrected chi connectivity index (χ4v) is 2.46. The highest BCUT2D eigenvalue weighted by Crippen LogP contribution is 2.19. The Labute approximate surface area is 117 Å². The zero-order valence-electron chi connectivity index (χ0n) is 10.9. The lowest BCUT2D eigenvalue weighted by molar-refractivity contribution is -0.110. The van der Waals surface area contributed by atoms with Crippen molar-refractivity contribution in [2.45, 2.75) is 17.9 Å². The van der Waals surface area contributed by atoms with Crippen molar-refractivity contribution in [2.75, 3.05) is 12.3 Å². The van der Waals surface area contributed by atoms with Gasteiger partial charge in [-0.05, 0) is 17.7 Å². The van der Waals surface area contributed by atoms with Gasteiger partial charge in [0.05, 0.1) is 17.2 Å². The van der Waals surface area contributed by atoms with Crippen molar-refractivity contribution in [1.82, 2.24) is 5.32 Å². The second-order valence-corrected chi connectivity index (χ2v) is 6.20. The lowest BCUT2D eigenvalue weighted by atomic mass is 10.1. The minimum absolute atomic E-state index is 0.000256. The van der Waals surface area contributed by atoms with Gasteiger partial charge in [0.2, 0.25) is 6.41 Å². The molecule has 110 valence electrons. The Morgan fingerprint density at radius 3 is 2.45 bits per heavy atom. The second-order valence-electron chi connectivity index (χ2n) is 3.92. The summed E-state index contributed by atoms with van der Waals surface area (Å²) < 4.78 is 28.2. The Hall–Kier alpha value is -2.09. The first-order valence-corrected chi connectivity index (χ1v) is 7.51. The summed E-state index contributed by atoms with van der Waals surface area (Å²) in [6.07, 6.45) is -1.28. The molecule has 0 radical (unpaired) electrons. The Balaban J connectivity index is 2.98. The second kappa shape index (κ2) is 6.90. The summed E-state index contributed by atoms with van der Waals surface area (Å²) in [5, 5.41) is 2.38. The number of ether oxygens (including phenoxy) is 1. The molecule has 0 aliphatic rings. The van der Waals surface area contributed by atoms with Crippen molar-refractivity contribution in [1.29, 1.82) is 0 Å². The molecule has 0 spiro atoms. The van der Waals surface area contributed by atoms with Crippen molar-refractivity contribution >= 4 is 22.3 Å². The minimum Gasteiger partial charge on any atom is -0.440 e. The average molecular weight is 300 g/mol. The van der Waals surface area contributed by atoms with E-state index in [1.54, 1.807) is 6.92 Å². The molecular formula is C12H16N2O5S. The molecule has 1 aromatic rings. The smallest absolute Gasteiger partial charge is 0.405 e. The fourth-order valence-electron chi connectivity index (χ4n) is 1.58. The van der Waals surface area contributed by atoms with Crippen molar-refractivity contribution in [3.05, 3.63) is 29.8 Å². The van der Waals surface area contributed by atoms with Crippen LogP contribution in [0.1, 0.15) is 18.6 Å². The maximum atomic E-state index is 11.7. The van der Waals surface area contributed by atoms with E-state index in [1.165, 1.54) is 24.3 Å². The molecule has 0 bridgehead atoms. The third-order valence-corrected chi connectivity index (χ3v) is 4.39. The number of carbonyl (C=O) groups is 2. The van der Waals surface area contributed by atoms with E-state index in [4.69, 9.17) is 10.5 Å². The first kappa shape index (κ1) is 16.0. The van der Waals surface area contributed by atoms with Gasteiger partial charge in [0.1, 0.15) is 6.10 Å². The van der Waals surface area contributed by atoms with Gasteiger partial charge in [0.25, 0.3) is 0 Å². The van der Waals surface area contributed by atoms with E-state index in [0.717, 1.165) is 0 Å². The number of carbonyl (C=O) groups excluding carboxylic acids is 2. The first-order chi connectivity index (χ1) is 9.40. The monoisotopic (exact) mass is 300 g/mol. The van der Waals surface area contributed by atoms with Gasteiger partial charge in [-0.1, -0.05) is 19.1 Å². The molecule has 0 aromatic heterocycles. The van der Waals surface area contributed by atoms with Crippen molar-refractivity contribution in [3.8, 4) is 0 Å². The van der Waals surface area contributed by atoms with E-state index >= 15 is 0 Å². The summed E-state index contributed by atoms with van der Waals surface area (Å²) in [5.41, 5.74) is 5.49. The van der Waals surface area contributed by atoms with Crippen LogP contribution in [-0.2, 0) is 19.4 Å². The molecule has 0 aliphatic carbocycles. The standard InChI is InChI=1S/C12H16N2O5S/c1-2-20(17,18)10-5-3-9(4-6-10)11(7-14-8-15)19-12(13)16/h3-6,8,11H,2,7H2,1H3,(H2,13,16)(H,14,15). The summed E-state index contributed by atoms with van der Waals surface area (Å²) >= 11 is 0. The first-order valence-electron chi connectivity index (χ1n) is 5.86. The van der Waals surface area contributed by atoms with Crippen molar-refractivity contribution in [3.63, 3.8) is 0 Å². The highest BCUT2D eigenvalue weighted by molar-refractivity contribution is 7.91. The lowest BCUT2D eigenvalue weighted by Crippen LogP contribution is -2.26. The highest BCUT2D eigenvalue weighted by atomic mass is 32.2. The summed E-state index contributed by atoms with van der Waals surface area (Å²) in [6, 6.07) is 5.88. The maximum absolute atomic E-state index is 11.7. The molecule has 1 atom stereocenters. The Morgan fingerprint density at radius 2 is 2.00 bits per heavy atom. The van der Waals surface area contributed by atoms with Gasteiger partial charge in [0, 0.05) is 0 Å². The average Bonchev–Trinajstić information content (AvgIpc) is 2.43. The molecule has 20 heavy (non-hydrogen) atoms. The molecule has 1 rings (SSSR count). The van der Waals surface area contributed by atoms with Crippen LogP contribution in [0.5, 0.6) is 0 Å². The molecule has 2 amide bonds. The van der Waals surface area contributed by atoms with Gasteiger partial charge >= 0.3 is 6.09 Å². The van der Waals surface area contributed by atoms with E-state index in [9.17, 15) is 18.0 Å². The number of rotatable bonds is 7. The number of sulfone groups is 1. The number of nitrogens with two attached hydrogens (primary N) is 1.